The highest BCUT2D eigenvalue weighted by molar-refractivity contribution is 7.99. The molecule has 0 amide bonds. The fourth-order valence-electron chi connectivity index (χ4n) is 3.23. The number of benzene rings is 1. The number of anilines is 2. The number of pyridine rings is 1. The highest BCUT2D eigenvalue weighted by Gasteiger charge is 2.29. The SMILES string of the molecule is Cc1ccc(Sc2ncnc(N3CCN(c4ccccn4)CC3)c2[N+](=O)[O-])cc1. The summed E-state index contributed by atoms with van der Waals surface area (Å²) in [5, 5.41) is 12.2. The van der Waals surface area contributed by atoms with Gasteiger partial charge >= 0.3 is 5.69 Å². The van der Waals surface area contributed by atoms with E-state index in [2.05, 4.69) is 19.9 Å². The molecular formula is C20H20N6O2S. The Labute approximate surface area is 172 Å². The molecule has 1 aromatic carbocycles. The van der Waals surface area contributed by atoms with Crippen LogP contribution in [0.25, 0.3) is 0 Å². The Morgan fingerprint density at radius 1 is 0.966 bits per heavy atom. The number of hydrogen-bond acceptors (Lipinski definition) is 8. The van der Waals surface area contributed by atoms with Crippen LogP contribution >= 0.6 is 11.8 Å². The molecule has 148 valence electrons. The Balaban J connectivity index is 1.56. The van der Waals surface area contributed by atoms with Crippen LogP contribution in [0.2, 0.25) is 0 Å². The third-order valence-electron chi connectivity index (χ3n) is 4.74. The highest BCUT2D eigenvalue weighted by Crippen LogP contribution is 2.38. The fraction of sp³-hybridized carbons (Fsp3) is 0.250. The molecule has 1 saturated heterocycles. The maximum atomic E-state index is 11.9. The Hall–Kier alpha value is -3.20. The van der Waals surface area contributed by atoms with E-state index in [0.29, 0.717) is 23.9 Å². The summed E-state index contributed by atoms with van der Waals surface area (Å²) < 4.78 is 0. The standard InChI is InChI=1S/C20H20N6O2S/c1-15-5-7-16(8-6-15)29-20-18(26(27)28)19(22-14-23-20)25-12-10-24(11-13-25)17-4-2-3-9-21-17/h2-9,14H,10-13H2,1H3. The van der Waals surface area contributed by atoms with Gasteiger partial charge in [0.15, 0.2) is 5.03 Å². The molecule has 2 aromatic heterocycles. The van der Waals surface area contributed by atoms with Crippen molar-refractivity contribution < 1.29 is 4.92 Å². The molecule has 0 bridgehead atoms. The minimum absolute atomic E-state index is 0.0376. The molecule has 1 aliphatic heterocycles. The van der Waals surface area contributed by atoms with Crippen molar-refractivity contribution in [2.75, 3.05) is 36.0 Å². The second-order valence-corrected chi connectivity index (χ2v) is 7.75. The number of rotatable bonds is 5. The summed E-state index contributed by atoms with van der Waals surface area (Å²) in [5.41, 5.74) is 1.10. The molecule has 29 heavy (non-hydrogen) atoms. The van der Waals surface area contributed by atoms with Gasteiger partial charge < -0.3 is 9.80 Å². The largest absolute Gasteiger partial charge is 0.353 e. The Bertz CT molecular complexity index is 992. The third kappa shape index (κ3) is 4.29. The minimum Gasteiger partial charge on any atom is -0.353 e. The summed E-state index contributed by atoms with van der Waals surface area (Å²) in [7, 11) is 0. The molecule has 0 N–H and O–H groups in total. The van der Waals surface area contributed by atoms with Gasteiger partial charge in [0.25, 0.3) is 0 Å². The minimum atomic E-state index is -0.378. The van der Waals surface area contributed by atoms with Crippen LogP contribution in [-0.4, -0.2) is 46.1 Å². The first-order chi connectivity index (χ1) is 14.1. The zero-order valence-corrected chi connectivity index (χ0v) is 16.7. The quantitative estimate of drug-likeness (QED) is 0.360. The van der Waals surface area contributed by atoms with Gasteiger partial charge in [-0.05, 0) is 31.2 Å². The van der Waals surface area contributed by atoms with E-state index < -0.39 is 0 Å². The van der Waals surface area contributed by atoms with Gasteiger partial charge in [-0.25, -0.2) is 15.0 Å². The molecule has 1 aliphatic rings. The monoisotopic (exact) mass is 408 g/mol. The zero-order chi connectivity index (χ0) is 20.2. The average molecular weight is 408 g/mol. The van der Waals surface area contributed by atoms with Gasteiger partial charge in [-0.3, -0.25) is 10.1 Å². The first-order valence-corrected chi connectivity index (χ1v) is 10.1. The molecule has 0 radical (unpaired) electrons. The number of hydrogen-bond donors (Lipinski definition) is 0. The van der Waals surface area contributed by atoms with E-state index >= 15 is 0 Å². The van der Waals surface area contributed by atoms with Crippen LogP contribution in [0.5, 0.6) is 0 Å². The normalized spacial score (nSPS) is 14.1. The maximum Gasteiger partial charge on any atom is 0.343 e. The van der Waals surface area contributed by atoms with Crippen molar-refractivity contribution in [1.29, 1.82) is 0 Å². The Kier molecular flexibility index (Phi) is 5.57. The summed E-state index contributed by atoms with van der Waals surface area (Å²) in [6.07, 6.45) is 3.18. The molecule has 3 heterocycles. The lowest BCUT2D eigenvalue weighted by Crippen LogP contribution is -2.47. The Morgan fingerprint density at radius 2 is 1.69 bits per heavy atom. The number of aryl methyl sites for hydroxylation is 1. The van der Waals surface area contributed by atoms with Crippen LogP contribution < -0.4 is 9.80 Å². The summed E-state index contributed by atoms with van der Waals surface area (Å²) in [4.78, 5) is 29.4. The van der Waals surface area contributed by atoms with Crippen molar-refractivity contribution in [3.63, 3.8) is 0 Å². The van der Waals surface area contributed by atoms with Gasteiger partial charge in [0.1, 0.15) is 12.1 Å². The Morgan fingerprint density at radius 3 is 2.34 bits per heavy atom. The zero-order valence-electron chi connectivity index (χ0n) is 15.9. The molecule has 4 rings (SSSR count). The van der Waals surface area contributed by atoms with Crippen LogP contribution in [0.15, 0.2) is 64.9 Å². The molecule has 1 fully saturated rings. The molecule has 0 aliphatic carbocycles. The van der Waals surface area contributed by atoms with Crippen LogP contribution in [0.4, 0.5) is 17.3 Å². The topological polar surface area (TPSA) is 88.3 Å². The van der Waals surface area contributed by atoms with Crippen molar-refractivity contribution in [2.24, 2.45) is 0 Å². The van der Waals surface area contributed by atoms with Crippen molar-refractivity contribution in [1.82, 2.24) is 15.0 Å². The number of aromatic nitrogens is 3. The number of nitro groups is 1. The molecule has 8 nitrogen and oxygen atoms in total. The van der Waals surface area contributed by atoms with Crippen LogP contribution in [-0.2, 0) is 0 Å². The first-order valence-electron chi connectivity index (χ1n) is 9.26. The van der Waals surface area contributed by atoms with Gasteiger partial charge in [0.05, 0.1) is 4.92 Å². The second kappa shape index (κ2) is 8.44. The molecule has 0 spiro atoms. The van der Waals surface area contributed by atoms with E-state index in [0.717, 1.165) is 29.4 Å². The van der Waals surface area contributed by atoms with Crippen LogP contribution in [0, 0.1) is 17.0 Å². The summed E-state index contributed by atoms with van der Waals surface area (Å²) >= 11 is 1.29. The third-order valence-corrected chi connectivity index (χ3v) is 5.74. The van der Waals surface area contributed by atoms with E-state index in [-0.39, 0.29) is 10.6 Å². The van der Waals surface area contributed by atoms with E-state index in [9.17, 15) is 10.1 Å². The van der Waals surface area contributed by atoms with Crippen LogP contribution in [0.3, 0.4) is 0 Å². The van der Waals surface area contributed by atoms with Gasteiger partial charge in [-0.2, -0.15) is 0 Å². The number of nitrogens with zero attached hydrogens (tertiary/aromatic N) is 6. The first kappa shape index (κ1) is 19.1. The lowest BCUT2D eigenvalue weighted by Gasteiger charge is -2.35. The predicted octanol–water partition coefficient (Wildman–Crippen LogP) is 3.57. The van der Waals surface area contributed by atoms with Gasteiger partial charge in [-0.15, -0.1) is 0 Å². The molecule has 3 aromatic rings. The summed E-state index contributed by atoms with van der Waals surface area (Å²) in [6.45, 7) is 4.70. The van der Waals surface area contributed by atoms with E-state index in [1.807, 2.05) is 54.3 Å². The predicted molar refractivity (Wildman–Crippen MR) is 113 cm³/mol. The number of piperazine rings is 1. The summed E-state index contributed by atoms with van der Waals surface area (Å²) in [6, 6.07) is 13.7. The lowest BCUT2D eigenvalue weighted by atomic mass is 10.2. The average Bonchev–Trinajstić information content (AvgIpc) is 2.76. The second-order valence-electron chi connectivity index (χ2n) is 6.69. The van der Waals surface area contributed by atoms with Crippen molar-refractivity contribution in [3.05, 3.63) is 70.7 Å². The van der Waals surface area contributed by atoms with E-state index in [1.54, 1.807) is 6.20 Å². The lowest BCUT2D eigenvalue weighted by molar-refractivity contribution is -0.387. The summed E-state index contributed by atoms with van der Waals surface area (Å²) in [5.74, 6) is 1.29. The van der Waals surface area contributed by atoms with Gasteiger partial charge in [0, 0.05) is 37.3 Å². The molecule has 0 saturated carbocycles. The van der Waals surface area contributed by atoms with Crippen LogP contribution in [0.1, 0.15) is 5.56 Å². The van der Waals surface area contributed by atoms with E-state index in [4.69, 9.17) is 0 Å². The van der Waals surface area contributed by atoms with Crippen molar-refractivity contribution in [3.8, 4) is 0 Å². The molecule has 0 atom stereocenters. The van der Waals surface area contributed by atoms with Gasteiger partial charge in [0.2, 0.25) is 5.82 Å². The molecule has 0 unspecified atom stereocenters. The highest BCUT2D eigenvalue weighted by atomic mass is 32.2. The van der Waals surface area contributed by atoms with Gasteiger partial charge in [-0.1, -0.05) is 35.5 Å². The van der Waals surface area contributed by atoms with E-state index in [1.165, 1.54) is 18.1 Å². The fourth-order valence-corrected chi connectivity index (χ4v) is 4.08. The van der Waals surface area contributed by atoms with Crippen molar-refractivity contribution >= 4 is 29.1 Å². The maximum absolute atomic E-state index is 11.9. The smallest absolute Gasteiger partial charge is 0.343 e. The van der Waals surface area contributed by atoms with Crippen molar-refractivity contribution in [2.45, 2.75) is 16.8 Å². The molecular weight excluding hydrogens is 388 g/mol. The molecule has 9 heteroatoms.